The average Bonchev–Trinajstić information content (AvgIpc) is 1.91. The molecule has 480 valence electrons. The molecule has 6 N–H and O–H groups in total. The Bertz CT molecular complexity index is 4320. The van der Waals surface area contributed by atoms with Crippen LogP contribution >= 0.6 is 11.6 Å². The van der Waals surface area contributed by atoms with Crippen LogP contribution in [0.2, 0.25) is 5.02 Å². The van der Waals surface area contributed by atoms with E-state index in [1.807, 2.05) is 59.7 Å². The Hall–Kier alpha value is -9.91. The van der Waals surface area contributed by atoms with Gasteiger partial charge < -0.3 is 30.7 Å². The lowest BCUT2D eigenvalue weighted by atomic mass is 9.97. The number of nitrogens with zero attached hydrogens (tertiary/aromatic N) is 18. The lowest BCUT2D eigenvalue weighted by molar-refractivity contribution is -0.138. The summed E-state index contributed by atoms with van der Waals surface area (Å²) in [5.74, 6) is 3.04. The zero-order valence-electron chi connectivity index (χ0n) is 50.9. The molecular weight excluding hydrogens is 1230 g/mol. The fraction of sp³-hybridized carbons (Fsp3) is 0.323. The summed E-state index contributed by atoms with van der Waals surface area (Å²) in [5, 5.41) is 32.3. The summed E-state index contributed by atoms with van der Waals surface area (Å²) in [6, 6.07) is 15.1. The van der Waals surface area contributed by atoms with Gasteiger partial charge in [0.25, 0.3) is 0 Å². The second-order valence-electron chi connectivity index (χ2n) is 23.4. The third kappa shape index (κ3) is 12.8. The van der Waals surface area contributed by atoms with Gasteiger partial charge in [0.05, 0.1) is 82.8 Å². The highest BCUT2D eigenvalue weighted by Crippen LogP contribution is 2.36. The van der Waals surface area contributed by atoms with Gasteiger partial charge in [0.1, 0.15) is 40.0 Å². The fourth-order valence-electron chi connectivity index (χ4n) is 12.4. The van der Waals surface area contributed by atoms with Gasteiger partial charge in [-0.25, -0.2) is 44.9 Å². The number of H-pyrrole nitrogens is 3. The van der Waals surface area contributed by atoms with E-state index in [-0.39, 0.29) is 48.3 Å². The Morgan fingerprint density at radius 3 is 1.27 bits per heavy atom. The summed E-state index contributed by atoms with van der Waals surface area (Å²) in [6.07, 6.45) is 16.0. The molecule has 0 amide bonds. The number of alkyl halides is 6. The Morgan fingerprint density at radius 2 is 0.828 bits per heavy atom. The Morgan fingerprint density at radius 1 is 0.430 bits per heavy atom. The minimum absolute atomic E-state index is 0.0231. The van der Waals surface area contributed by atoms with Gasteiger partial charge in [-0.15, -0.1) is 0 Å². The molecule has 12 aromatic heterocycles. The summed E-state index contributed by atoms with van der Waals surface area (Å²) >= 11 is 6.18. The number of hydrogen-bond acceptors (Lipinski definition) is 18. The predicted octanol–water partition coefficient (Wildman–Crippen LogP) is 10.0. The number of halogens is 7. The van der Waals surface area contributed by atoms with Gasteiger partial charge in [-0.1, -0.05) is 11.6 Å². The van der Waals surface area contributed by atoms with Crippen LogP contribution in [0.1, 0.15) is 87.5 Å². The van der Waals surface area contributed by atoms with Crippen molar-refractivity contribution >= 4 is 46.1 Å². The van der Waals surface area contributed by atoms with Crippen molar-refractivity contribution < 1.29 is 26.3 Å². The van der Waals surface area contributed by atoms with E-state index in [0.29, 0.717) is 69.4 Å². The number of aromatic amines is 3. The maximum atomic E-state index is 13.2. The molecule has 3 aliphatic rings. The molecule has 12 aromatic rings. The van der Waals surface area contributed by atoms with Crippen LogP contribution in [0.5, 0.6) is 0 Å². The third-order valence-corrected chi connectivity index (χ3v) is 17.2. The molecule has 3 aliphatic heterocycles. The van der Waals surface area contributed by atoms with E-state index in [1.165, 1.54) is 33.3 Å². The number of fused-ring (bicyclic) bond motifs is 3. The third-order valence-electron chi connectivity index (χ3n) is 17.0. The van der Waals surface area contributed by atoms with Gasteiger partial charge in [0.15, 0.2) is 11.6 Å². The largest absolute Gasteiger partial charge is 0.417 e. The van der Waals surface area contributed by atoms with Gasteiger partial charge in [0.2, 0.25) is 5.95 Å². The van der Waals surface area contributed by atoms with Crippen molar-refractivity contribution in [1.82, 2.24) is 105 Å². The molecule has 0 spiro atoms. The first-order valence-electron chi connectivity index (χ1n) is 30.0. The van der Waals surface area contributed by atoms with Crippen LogP contribution in [0.25, 0.3) is 51.4 Å². The van der Waals surface area contributed by atoms with Crippen molar-refractivity contribution in [2.24, 2.45) is 0 Å². The average molecular weight is 1290 g/mol. The summed E-state index contributed by atoms with van der Waals surface area (Å²) < 4.78 is 84.0. The topological polar surface area (TPSA) is 261 Å². The van der Waals surface area contributed by atoms with E-state index in [4.69, 9.17) is 26.6 Å². The second kappa shape index (κ2) is 25.3. The lowest BCUT2D eigenvalue weighted by Gasteiger charge is -2.43. The number of rotatable bonds is 9. The molecule has 9 atom stereocenters. The Kier molecular flexibility index (Phi) is 16.8. The highest BCUT2D eigenvalue weighted by atomic mass is 35.5. The molecule has 31 heteroatoms. The maximum Gasteiger partial charge on any atom is 0.417 e. The Balaban J connectivity index is 0.000000127. The van der Waals surface area contributed by atoms with Crippen LogP contribution in [-0.4, -0.2) is 145 Å². The first kappa shape index (κ1) is 61.9. The monoisotopic (exact) mass is 1290 g/mol. The van der Waals surface area contributed by atoms with Gasteiger partial charge in [-0.05, 0) is 96.1 Å². The first-order chi connectivity index (χ1) is 44.7. The summed E-state index contributed by atoms with van der Waals surface area (Å²) in [4.78, 5) is 47.1. The van der Waals surface area contributed by atoms with Crippen LogP contribution in [0.3, 0.4) is 0 Å². The molecule has 3 saturated heterocycles. The SMILES string of the molecule is CC1CN(c2ccnc(-c3cnc4ccc(Cl)cn34)n2)C(C)C(c2cn[nH]c2)N1.CC1CN(c2nccc(-c3cnc4ccc(C(F)(F)F)cn34)n2)C(C)C(c2cn[nH]c2)N1.C[C@H]1CN(c2ccnc(-c3cnc4ccc(C(F)(F)F)cn34)n2)[C@@H](C)[C@@H](c2cn[nH]c2)N1. The molecule has 93 heavy (non-hydrogen) atoms. The molecular formula is C62H63ClF6N24. The van der Waals surface area contributed by atoms with Gasteiger partial charge in [0, 0.05) is 128 Å². The van der Waals surface area contributed by atoms with Crippen molar-refractivity contribution in [2.75, 3.05) is 34.3 Å². The van der Waals surface area contributed by atoms with Crippen molar-refractivity contribution in [1.29, 1.82) is 0 Å². The zero-order valence-corrected chi connectivity index (χ0v) is 51.6. The van der Waals surface area contributed by atoms with Gasteiger partial charge in [-0.3, -0.25) is 28.5 Å². The Labute approximate surface area is 532 Å². The van der Waals surface area contributed by atoms with E-state index in [1.54, 1.807) is 43.2 Å². The molecule has 6 unspecified atom stereocenters. The first-order valence-corrected chi connectivity index (χ1v) is 30.4. The standard InChI is InChI=1S/2C21H21F3N8.C20H21ClN8/c1-12-10-31(13(2)19(29-12)14-7-27-28-8-14)18-5-6-25-20(30-18)16-9-26-17-4-3-15(11-32(16)17)21(22,23)24;1-12-10-31(13(2)19(29-12)14-7-27-28-8-14)20-25-6-5-16(30-20)17-9-26-18-4-3-15(11-32(17)18)21(22,23)24;1-12-10-28(13(2)19(26-12)14-7-24-25-8-14)18-5-6-22-20(27-18)16-9-23-17-4-3-15(21)11-29(16)17/h2*3-9,11-13,19,29H,10H2,1-2H3,(H,27,28);3-9,11-13,19,26H,10H2,1-2H3,(H,24,25)/t12-,13-,19-;;/m0../s1. The normalized spacial score (nSPS) is 22.0. The van der Waals surface area contributed by atoms with Gasteiger partial charge in [-0.2, -0.15) is 41.6 Å². The minimum Gasteiger partial charge on any atom is -0.350 e. The van der Waals surface area contributed by atoms with Crippen LogP contribution in [0.15, 0.2) is 148 Å². The molecule has 3 fully saturated rings. The smallest absolute Gasteiger partial charge is 0.350 e. The number of pyridine rings is 3. The highest BCUT2D eigenvalue weighted by Gasteiger charge is 2.38. The predicted molar refractivity (Wildman–Crippen MR) is 336 cm³/mol. The molecule has 15 heterocycles. The van der Waals surface area contributed by atoms with E-state index in [9.17, 15) is 26.3 Å². The number of aromatic nitrogens is 18. The summed E-state index contributed by atoms with van der Waals surface area (Å²) in [5.41, 5.74) is 5.51. The number of imidazole rings is 3. The number of anilines is 3. The molecule has 24 nitrogen and oxygen atoms in total. The minimum atomic E-state index is -4.45. The van der Waals surface area contributed by atoms with Crippen LogP contribution < -0.4 is 30.7 Å². The highest BCUT2D eigenvalue weighted by molar-refractivity contribution is 6.30. The van der Waals surface area contributed by atoms with E-state index >= 15 is 0 Å². The van der Waals surface area contributed by atoms with Crippen molar-refractivity contribution in [3.05, 3.63) is 180 Å². The number of piperazine rings is 3. The number of nitrogens with one attached hydrogen (secondary N) is 6. The van der Waals surface area contributed by atoms with E-state index in [2.05, 4.69) is 133 Å². The van der Waals surface area contributed by atoms with Crippen molar-refractivity contribution in [3.63, 3.8) is 0 Å². The van der Waals surface area contributed by atoms with Crippen LogP contribution in [-0.2, 0) is 12.4 Å². The molecule has 0 aromatic carbocycles. The van der Waals surface area contributed by atoms with Crippen molar-refractivity contribution in [2.45, 2.75) is 108 Å². The molecule has 0 bridgehead atoms. The van der Waals surface area contributed by atoms with Crippen LogP contribution in [0, 0.1) is 0 Å². The number of hydrogen-bond donors (Lipinski definition) is 6. The fourth-order valence-corrected chi connectivity index (χ4v) is 12.5. The quantitative estimate of drug-likeness (QED) is 0.0734. The summed E-state index contributed by atoms with van der Waals surface area (Å²) in [6.45, 7) is 15.0. The van der Waals surface area contributed by atoms with E-state index in [0.717, 1.165) is 71.5 Å². The van der Waals surface area contributed by atoms with Crippen LogP contribution in [0.4, 0.5) is 43.9 Å². The van der Waals surface area contributed by atoms with Crippen molar-refractivity contribution in [3.8, 4) is 34.4 Å². The summed E-state index contributed by atoms with van der Waals surface area (Å²) in [7, 11) is 0. The molecule has 0 aliphatic carbocycles. The second-order valence-corrected chi connectivity index (χ2v) is 23.9. The maximum absolute atomic E-state index is 13.2. The molecule has 15 rings (SSSR count). The lowest BCUT2D eigenvalue weighted by Crippen LogP contribution is -2.56. The zero-order chi connectivity index (χ0) is 64.9. The molecule has 0 radical (unpaired) electrons. The van der Waals surface area contributed by atoms with Gasteiger partial charge >= 0.3 is 12.4 Å². The van der Waals surface area contributed by atoms with E-state index < -0.39 is 23.5 Å². The molecule has 0 saturated carbocycles.